The Kier molecular flexibility index (Phi) is 3.69. The zero-order valence-corrected chi connectivity index (χ0v) is 9.71. The summed E-state index contributed by atoms with van der Waals surface area (Å²) in [5.41, 5.74) is 0.0909. The van der Waals surface area contributed by atoms with Crippen LogP contribution in [0.15, 0.2) is 18.2 Å². The lowest BCUT2D eigenvalue weighted by Gasteiger charge is -2.03. The standard InChI is InChI=1S/C13H13F2NO2/c14-10-4-1-8(7-11(10)15)12(17)5-6-13(18)16-9-2-3-9/h1,4,7,9H,2-3,5-6H2,(H,16,18). The lowest BCUT2D eigenvalue weighted by Crippen LogP contribution is -2.25. The van der Waals surface area contributed by atoms with Crippen molar-refractivity contribution in [1.29, 1.82) is 0 Å². The second kappa shape index (κ2) is 5.25. The molecule has 1 fully saturated rings. The van der Waals surface area contributed by atoms with Crippen LogP contribution in [0.1, 0.15) is 36.0 Å². The highest BCUT2D eigenvalue weighted by atomic mass is 19.2. The molecule has 0 saturated heterocycles. The van der Waals surface area contributed by atoms with Gasteiger partial charge in [-0.15, -0.1) is 0 Å². The fraction of sp³-hybridized carbons (Fsp3) is 0.385. The lowest BCUT2D eigenvalue weighted by atomic mass is 10.1. The van der Waals surface area contributed by atoms with E-state index in [9.17, 15) is 18.4 Å². The van der Waals surface area contributed by atoms with Crippen LogP contribution in [-0.4, -0.2) is 17.7 Å². The largest absolute Gasteiger partial charge is 0.353 e. The van der Waals surface area contributed by atoms with Gasteiger partial charge in [0.05, 0.1) is 0 Å². The molecule has 0 spiro atoms. The molecule has 2 rings (SSSR count). The molecule has 18 heavy (non-hydrogen) atoms. The van der Waals surface area contributed by atoms with Crippen LogP contribution in [-0.2, 0) is 4.79 Å². The Hall–Kier alpha value is -1.78. The van der Waals surface area contributed by atoms with Crippen LogP contribution in [0, 0.1) is 11.6 Å². The van der Waals surface area contributed by atoms with Crippen molar-refractivity contribution in [2.75, 3.05) is 0 Å². The number of Topliss-reactive ketones (excluding diaryl/α,β-unsaturated/α-hetero) is 1. The van der Waals surface area contributed by atoms with Gasteiger partial charge < -0.3 is 5.32 Å². The van der Waals surface area contributed by atoms with E-state index in [-0.39, 0.29) is 36.1 Å². The predicted octanol–water partition coefficient (Wildman–Crippen LogP) is 2.21. The van der Waals surface area contributed by atoms with Gasteiger partial charge in [0.2, 0.25) is 5.91 Å². The molecule has 1 N–H and O–H groups in total. The summed E-state index contributed by atoms with van der Waals surface area (Å²) in [4.78, 5) is 23.0. The molecule has 0 unspecified atom stereocenters. The van der Waals surface area contributed by atoms with Crippen LogP contribution < -0.4 is 5.32 Å². The maximum Gasteiger partial charge on any atom is 0.220 e. The molecule has 1 saturated carbocycles. The van der Waals surface area contributed by atoms with E-state index < -0.39 is 11.6 Å². The lowest BCUT2D eigenvalue weighted by molar-refractivity contribution is -0.121. The molecular formula is C13H13F2NO2. The number of hydrogen-bond acceptors (Lipinski definition) is 2. The number of ketones is 1. The summed E-state index contributed by atoms with van der Waals surface area (Å²) in [6.07, 6.45) is 2.06. The molecule has 0 aromatic heterocycles. The molecule has 5 heteroatoms. The van der Waals surface area contributed by atoms with Gasteiger partial charge >= 0.3 is 0 Å². The highest BCUT2D eigenvalue weighted by Crippen LogP contribution is 2.19. The van der Waals surface area contributed by atoms with E-state index >= 15 is 0 Å². The zero-order chi connectivity index (χ0) is 13.1. The van der Waals surface area contributed by atoms with Gasteiger partial charge in [0, 0.05) is 24.4 Å². The van der Waals surface area contributed by atoms with E-state index in [1.807, 2.05) is 0 Å². The summed E-state index contributed by atoms with van der Waals surface area (Å²) < 4.78 is 25.6. The molecule has 1 aliphatic carbocycles. The molecule has 1 aliphatic rings. The Balaban J connectivity index is 1.86. The van der Waals surface area contributed by atoms with Crippen LogP contribution >= 0.6 is 0 Å². The number of benzene rings is 1. The molecule has 1 aromatic rings. The maximum atomic E-state index is 12.9. The minimum absolute atomic E-state index is 0.00360. The highest BCUT2D eigenvalue weighted by Gasteiger charge is 2.23. The van der Waals surface area contributed by atoms with E-state index in [4.69, 9.17) is 0 Å². The Bertz CT molecular complexity index is 484. The van der Waals surface area contributed by atoms with Crippen molar-refractivity contribution in [2.45, 2.75) is 31.7 Å². The number of hydrogen-bond donors (Lipinski definition) is 1. The van der Waals surface area contributed by atoms with E-state index in [0.717, 1.165) is 25.0 Å². The average molecular weight is 253 g/mol. The third-order valence-corrected chi connectivity index (χ3v) is 2.76. The number of nitrogens with one attached hydrogen (secondary N) is 1. The first-order valence-electron chi connectivity index (χ1n) is 5.84. The third-order valence-electron chi connectivity index (χ3n) is 2.76. The molecule has 1 aromatic carbocycles. The summed E-state index contributed by atoms with van der Waals surface area (Å²) in [6.45, 7) is 0. The van der Waals surface area contributed by atoms with E-state index in [2.05, 4.69) is 5.32 Å². The first-order valence-corrected chi connectivity index (χ1v) is 5.84. The summed E-state index contributed by atoms with van der Waals surface area (Å²) in [6, 6.07) is 3.25. The van der Waals surface area contributed by atoms with E-state index in [1.54, 1.807) is 0 Å². The summed E-state index contributed by atoms with van der Waals surface area (Å²) in [7, 11) is 0. The van der Waals surface area contributed by atoms with Gasteiger partial charge in [-0.3, -0.25) is 9.59 Å². The maximum absolute atomic E-state index is 12.9. The second-order valence-electron chi connectivity index (χ2n) is 4.39. The number of amides is 1. The van der Waals surface area contributed by atoms with Crippen molar-refractivity contribution in [3.63, 3.8) is 0 Å². The van der Waals surface area contributed by atoms with Crippen molar-refractivity contribution < 1.29 is 18.4 Å². The smallest absolute Gasteiger partial charge is 0.220 e. The highest BCUT2D eigenvalue weighted by molar-refractivity contribution is 5.97. The number of carbonyl (C=O) groups is 2. The van der Waals surface area contributed by atoms with Crippen LogP contribution in [0.2, 0.25) is 0 Å². The van der Waals surface area contributed by atoms with E-state index in [1.165, 1.54) is 6.07 Å². The molecule has 0 bridgehead atoms. The fourth-order valence-corrected chi connectivity index (χ4v) is 1.57. The van der Waals surface area contributed by atoms with Gasteiger partial charge in [0.25, 0.3) is 0 Å². The number of rotatable bonds is 5. The van der Waals surface area contributed by atoms with Crippen LogP contribution in [0.5, 0.6) is 0 Å². The Labute approximate surface area is 103 Å². The molecule has 0 atom stereocenters. The molecule has 0 radical (unpaired) electrons. The molecule has 0 heterocycles. The van der Waals surface area contributed by atoms with Gasteiger partial charge in [-0.05, 0) is 31.0 Å². The number of carbonyl (C=O) groups excluding carboxylic acids is 2. The van der Waals surface area contributed by atoms with Gasteiger partial charge in [-0.1, -0.05) is 0 Å². The predicted molar refractivity (Wildman–Crippen MR) is 61.1 cm³/mol. The van der Waals surface area contributed by atoms with Crippen LogP contribution in [0.25, 0.3) is 0 Å². The van der Waals surface area contributed by atoms with Crippen molar-refractivity contribution >= 4 is 11.7 Å². The van der Waals surface area contributed by atoms with Gasteiger partial charge in [0.1, 0.15) is 0 Å². The van der Waals surface area contributed by atoms with Crippen molar-refractivity contribution in [3.05, 3.63) is 35.4 Å². The van der Waals surface area contributed by atoms with Gasteiger partial charge in [-0.2, -0.15) is 0 Å². The molecule has 1 amide bonds. The second-order valence-corrected chi connectivity index (χ2v) is 4.39. The van der Waals surface area contributed by atoms with E-state index in [0.29, 0.717) is 0 Å². The van der Waals surface area contributed by atoms with Gasteiger partial charge in [0.15, 0.2) is 17.4 Å². The SMILES string of the molecule is O=C(CCC(=O)c1ccc(F)c(F)c1)NC1CC1. The van der Waals surface area contributed by atoms with Crippen molar-refractivity contribution in [1.82, 2.24) is 5.32 Å². The normalized spacial score (nSPS) is 14.3. The zero-order valence-electron chi connectivity index (χ0n) is 9.71. The fourth-order valence-electron chi connectivity index (χ4n) is 1.57. The molecule has 3 nitrogen and oxygen atoms in total. The van der Waals surface area contributed by atoms with Crippen molar-refractivity contribution in [2.24, 2.45) is 0 Å². The van der Waals surface area contributed by atoms with Gasteiger partial charge in [-0.25, -0.2) is 8.78 Å². The molecule has 0 aliphatic heterocycles. The Morgan fingerprint density at radius 2 is 1.89 bits per heavy atom. The number of halogens is 2. The molecule has 96 valence electrons. The summed E-state index contributed by atoms with van der Waals surface area (Å²) >= 11 is 0. The minimum atomic E-state index is -1.05. The quantitative estimate of drug-likeness (QED) is 0.818. The first-order chi connectivity index (χ1) is 8.56. The summed E-state index contributed by atoms with van der Waals surface area (Å²) in [5, 5.41) is 2.76. The Morgan fingerprint density at radius 1 is 1.17 bits per heavy atom. The molecular weight excluding hydrogens is 240 g/mol. The average Bonchev–Trinajstić information content (AvgIpc) is 3.13. The topological polar surface area (TPSA) is 46.2 Å². The third kappa shape index (κ3) is 3.35. The summed E-state index contributed by atoms with van der Waals surface area (Å²) in [5.74, 6) is -2.57. The van der Waals surface area contributed by atoms with Crippen LogP contribution in [0.3, 0.4) is 0 Å². The first kappa shape index (κ1) is 12.7. The Morgan fingerprint density at radius 3 is 2.50 bits per heavy atom. The van der Waals surface area contributed by atoms with Crippen molar-refractivity contribution in [3.8, 4) is 0 Å². The monoisotopic (exact) mass is 253 g/mol. The minimum Gasteiger partial charge on any atom is -0.353 e. The van der Waals surface area contributed by atoms with Crippen LogP contribution in [0.4, 0.5) is 8.78 Å².